The molecule has 0 radical (unpaired) electrons. The lowest BCUT2D eigenvalue weighted by molar-refractivity contribution is 0.249. The highest BCUT2D eigenvalue weighted by Crippen LogP contribution is 2.22. The van der Waals surface area contributed by atoms with E-state index in [9.17, 15) is 0 Å². The molecule has 0 unspecified atom stereocenters. The average molecular weight is 346 g/mol. The third-order valence-electron chi connectivity index (χ3n) is 3.40. The Kier molecular flexibility index (Phi) is 4.44. The van der Waals surface area contributed by atoms with Crippen LogP contribution in [0.25, 0.3) is 0 Å². The Bertz CT molecular complexity index is 344. The highest BCUT2D eigenvalue weighted by molar-refractivity contribution is 14.1. The van der Waals surface area contributed by atoms with E-state index in [4.69, 9.17) is 0 Å². The second-order valence-electron chi connectivity index (χ2n) is 4.68. The third kappa shape index (κ3) is 3.22. The lowest BCUT2D eigenvalue weighted by atomic mass is 10.0. The molecule has 5 heteroatoms. The Morgan fingerprint density at radius 1 is 1.35 bits per heavy atom. The molecule has 0 amide bonds. The minimum atomic E-state index is 0.731. The van der Waals surface area contributed by atoms with Gasteiger partial charge in [0.15, 0.2) is 0 Å². The number of nitrogens with one attached hydrogen (secondary N) is 1. The van der Waals surface area contributed by atoms with E-state index in [0.717, 1.165) is 24.9 Å². The van der Waals surface area contributed by atoms with Gasteiger partial charge in [0.25, 0.3) is 0 Å². The Hall–Kier alpha value is -0.560. The van der Waals surface area contributed by atoms with Gasteiger partial charge in [0.1, 0.15) is 5.82 Å². The maximum atomic E-state index is 4.36. The number of hydrogen-bond acceptors (Lipinski definition) is 4. The van der Waals surface area contributed by atoms with Gasteiger partial charge in [-0.2, -0.15) is 0 Å². The SMILES string of the molecule is CN(C)C1CCN(c2ccc(NI)nc2)CC1. The van der Waals surface area contributed by atoms with Crippen molar-refractivity contribution in [1.29, 1.82) is 0 Å². The van der Waals surface area contributed by atoms with Gasteiger partial charge in [0.2, 0.25) is 0 Å². The van der Waals surface area contributed by atoms with Crippen LogP contribution in [0.1, 0.15) is 12.8 Å². The van der Waals surface area contributed by atoms with Gasteiger partial charge >= 0.3 is 0 Å². The third-order valence-corrected chi connectivity index (χ3v) is 3.96. The van der Waals surface area contributed by atoms with Crippen LogP contribution in [0.3, 0.4) is 0 Å². The van der Waals surface area contributed by atoms with Crippen molar-refractivity contribution < 1.29 is 0 Å². The quantitative estimate of drug-likeness (QED) is 0.673. The number of halogens is 1. The second-order valence-corrected chi connectivity index (χ2v) is 5.22. The zero-order valence-electron chi connectivity index (χ0n) is 10.4. The Labute approximate surface area is 117 Å². The molecule has 1 N–H and O–H groups in total. The molecule has 0 bridgehead atoms. The van der Waals surface area contributed by atoms with Gasteiger partial charge in [-0.15, -0.1) is 0 Å². The molecule has 0 spiro atoms. The van der Waals surface area contributed by atoms with Crippen molar-refractivity contribution in [3.8, 4) is 0 Å². The van der Waals surface area contributed by atoms with E-state index in [0.29, 0.717) is 0 Å². The van der Waals surface area contributed by atoms with Crippen molar-refractivity contribution in [1.82, 2.24) is 9.88 Å². The van der Waals surface area contributed by atoms with E-state index in [-0.39, 0.29) is 0 Å². The van der Waals surface area contributed by atoms with E-state index < -0.39 is 0 Å². The van der Waals surface area contributed by atoms with Crippen molar-refractivity contribution in [3.63, 3.8) is 0 Å². The van der Waals surface area contributed by atoms with Crippen molar-refractivity contribution in [2.45, 2.75) is 18.9 Å². The minimum absolute atomic E-state index is 0.731. The molecule has 0 atom stereocenters. The average Bonchev–Trinajstić information content (AvgIpc) is 2.39. The molecule has 1 aliphatic heterocycles. The van der Waals surface area contributed by atoms with Crippen LogP contribution in [0.5, 0.6) is 0 Å². The fourth-order valence-corrected chi connectivity index (χ4v) is 2.59. The first-order chi connectivity index (χ1) is 8.20. The van der Waals surface area contributed by atoms with E-state index >= 15 is 0 Å². The zero-order chi connectivity index (χ0) is 12.3. The molecule has 1 aromatic rings. The number of rotatable bonds is 3. The predicted octanol–water partition coefficient (Wildman–Crippen LogP) is 2.37. The summed E-state index contributed by atoms with van der Waals surface area (Å²) in [5.74, 6) is 0.914. The standard InChI is InChI=1S/C12H19IN4/c1-16(2)10-5-7-17(8-6-10)11-3-4-12(15-13)14-9-11/h3-4,9-10H,5-8H2,1-2H3,(H,14,15). The van der Waals surface area contributed by atoms with E-state index in [1.54, 1.807) is 0 Å². The van der Waals surface area contributed by atoms with E-state index in [1.807, 2.05) is 12.3 Å². The molecular weight excluding hydrogens is 327 g/mol. The van der Waals surface area contributed by atoms with Crippen LogP contribution in [-0.2, 0) is 0 Å². The molecule has 1 saturated heterocycles. The molecule has 2 rings (SSSR count). The second kappa shape index (κ2) is 5.86. The molecule has 0 aromatic carbocycles. The summed E-state index contributed by atoms with van der Waals surface area (Å²) in [6.45, 7) is 2.25. The largest absolute Gasteiger partial charge is 0.370 e. The number of pyridine rings is 1. The van der Waals surface area contributed by atoms with Crippen LogP contribution in [0.4, 0.5) is 11.5 Å². The molecule has 0 aliphatic carbocycles. The molecular formula is C12H19IN4. The minimum Gasteiger partial charge on any atom is -0.370 e. The topological polar surface area (TPSA) is 31.4 Å². The Balaban J connectivity index is 1.95. The van der Waals surface area contributed by atoms with Crippen LogP contribution >= 0.6 is 22.9 Å². The van der Waals surface area contributed by atoms with Gasteiger partial charge < -0.3 is 13.3 Å². The summed E-state index contributed by atoms with van der Waals surface area (Å²) in [7, 11) is 4.34. The number of aromatic nitrogens is 1. The van der Waals surface area contributed by atoms with Gasteiger partial charge in [-0.1, -0.05) is 0 Å². The van der Waals surface area contributed by atoms with E-state index in [1.165, 1.54) is 18.5 Å². The Morgan fingerprint density at radius 2 is 2.06 bits per heavy atom. The van der Waals surface area contributed by atoms with Gasteiger partial charge in [-0.3, -0.25) is 0 Å². The molecule has 4 nitrogen and oxygen atoms in total. The van der Waals surface area contributed by atoms with E-state index in [2.05, 4.69) is 61.3 Å². The first kappa shape index (κ1) is 12.9. The van der Waals surface area contributed by atoms with Crippen LogP contribution in [-0.4, -0.2) is 43.1 Å². The molecule has 94 valence electrons. The van der Waals surface area contributed by atoms with Crippen LogP contribution in [0.15, 0.2) is 18.3 Å². The normalized spacial score (nSPS) is 17.5. The zero-order valence-corrected chi connectivity index (χ0v) is 12.5. The monoisotopic (exact) mass is 346 g/mol. The first-order valence-electron chi connectivity index (χ1n) is 5.95. The lowest BCUT2D eigenvalue weighted by Crippen LogP contribution is -2.42. The van der Waals surface area contributed by atoms with Crippen molar-refractivity contribution in [2.75, 3.05) is 35.6 Å². The fourth-order valence-electron chi connectivity index (χ4n) is 2.27. The van der Waals surface area contributed by atoms with Crippen LogP contribution in [0.2, 0.25) is 0 Å². The number of nitrogens with zero attached hydrogens (tertiary/aromatic N) is 3. The summed E-state index contributed by atoms with van der Waals surface area (Å²) < 4.78 is 3.01. The molecule has 17 heavy (non-hydrogen) atoms. The lowest BCUT2D eigenvalue weighted by Gasteiger charge is -2.36. The van der Waals surface area contributed by atoms with Crippen molar-refractivity contribution >= 4 is 34.4 Å². The van der Waals surface area contributed by atoms with Gasteiger partial charge in [-0.05, 0) is 39.1 Å². The summed E-state index contributed by atoms with van der Waals surface area (Å²) in [5, 5.41) is 0. The van der Waals surface area contributed by atoms with Crippen LogP contribution in [0, 0.1) is 0 Å². The van der Waals surface area contributed by atoms with Crippen molar-refractivity contribution in [3.05, 3.63) is 18.3 Å². The molecule has 2 heterocycles. The van der Waals surface area contributed by atoms with Gasteiger partial charge in [-0.25, -0.2) is 4.98 Å². The highest BCUT2D eigenvalue weighted by Gasteiger charge is 2.20. The number of hydrogen-bond donors (Lipinski definition) is 1. The molecule has 1 aliphatic rings. The first-order valence-corrected chi connectivity index (χ1v) is 7.02. The maximum Gasteiger partial charge on any atom is 0.134 e. The molecule has 0 saturated carbocycles. The summed E-state index contributed by atoms with van der Waals surface area (Å²) in [6.07, 6.45) is 4.43. The van der Waals surface area contributed by atoms with Gasteiger partial charge in [0.05, 0.1) is 34.7 Å². The predicted molar refractivity (Wildman–Crippen MR) is 80.8 cm³/mol. The maximum absolute atomic E-state index is 4.36. The van der Waals surface area contributed by atoms with Gasteiger partial charge in [0, 0.05) is 19.1 Å². The molecule has 1 fully saturated rings. The van der Waals surface area contributed by atoms with Crippen LogP contribution < -0.4 is 8.43 Å². The van der Waals surface area contributed by atoms with Crippen molar-refractivity contribution in [2.24, 2.45) is 0 Å². The summed E-state index contributed by atoms with van der Waals surface area (Å²) in [6, 6.07) is 4.90. The number of piperidine rings is 1. The summed E-state index contributed by atoms with van der Waals surface area (Å²) in [4.78, 5) is 9.11. The summed E-state index contributed by atoms with van der Waals surface area (Å²) in [5.41, 5.74) is 1.23. The number of anilines is 2. The highest BCUT2D eigenvalue weighted by atomic mass is 127. The Morgan fingerprint density at radius 3 is 2.53 bits per heavy atom. The summed E-state index contributed by atoms with van der Waals surface area (Å²) >= 11 is 2.10. The smallest absolute Gasteiger partial charge is 0.134 e. The fraction of sp³-hybridized carbons (Fsp3) is 0.583. The molecule has 1 aromatic heterocycles.